The second-order valence-corrected chi connectivity index (χ2v) is 7.55. The average Bonchev–Trinajstić information content (AvgIpc) is 3.16. The first kappa shape index (κ1) is 15.1. The summed E-state index contributed by atoms with van der Waals surface area (Å²) < 4.78 is 5.20. The molecule has 25 heavy (non-hydrogen) atoms. The number of allylic oxidation sites excluding steroid dienone is 1. The van der Waals surface area contributed by atoms with Crippen molar-refractivity contribution in [3.8, 4) is 0 Å². The molecular weight excluding hydrogens is 316 g/mol. The first-order chi connectivity index (χ1) is 12.1. The molecule has 1 aromatic rings. The highest BCUT2D eigenvalue weighted by Gasteiger charge is 2.68. The van der Waals surface area contributed by atoms with Gasteiger partial charge in [0.05, 0.1) is 7.11 Å². The van der Waals surface area contributed by atoms with Gasteiger partial charge in [-0.3, -0.25) is 9.69 Å². The Morgan fingerprint density at radius 1 is 1.36 bits per heavy atom. The molecule has 5 rings (SSSR count). The highest BCUT2D eigenvalue weighted by Crippen LogP contribution is 2.56. The van der Waals surface area contributed by atoms with Gasteiger partial charge in [0.15, 0.2) is 5.78 Å². The Morgan fingerprint density at radius 2 is 2.16 bits per heavy atom. The Hall–Kier alpha value is -2.14. The molecule has 5 nitrogen and oxygen atoms in total. The lowest BCUT2D eigenvalue weighted by Gasteiger charge is -2.55. The minimum atomic E-state index is -0.599. The van der Waals surface area contributed by atoms with E-state index in [2.05, 4.69) is 15.9 Å². The van der Waals surface area contributed by atoms with Crippen LogP contribution in [-0.4, -0.2) is 54.5 Å². The molecule has 4 atom stereocenters. The van der Waals surface area contributed by atoms with Crippen molar-refractivity contribution in [1.82, 2.24) is 4.90 Å². The predicted molar refractivity (Wildman–Crippen MR) is 93.6 cm³/mol. The smallest absolute Gasteiger partial charge is 0.329 e. The number of methoxy groups -OCH3 is 1. The van der Waals surface area contributed by atoms with Gasteiger partial charge in [-0.1, -0.05) is 23.8 Å². The zero-order valence-corrected chi connectivity index (χ0v) is 14.6. The summed E-state index contributed by atoms with van der Waals surface area (Å²) in [5.41, 5.74) is 2.35. The largest absolute Gasteiger partial charge is 0.467 e. The maximum atomic E-state index is 13.5. The summed E-state index contributed by atoms with van der Waals surface area (Å²) >= 11 is 0. The lowest BCUT2D eigenvalue weighted by atomic mass is 9.69. The van der Waals surface area contributed by atoms with Crippen LogP contribution in [0.5, 0.6) is 0 Å². The van der Waals surface area contributed by atoms with Gasteiger partial charge in [-0.2, -0.15) is 0 Å². The van der Waals surface area contributed by atoms with Gasteiger partial charge < -0.3 is 9.64 Å². The zero-order chi connectivity index (χ0) is 17.3. The van der Waals surface area contributed by atoms with E-state index in [1.54, 1.807) is 0 Å². The fourth-order valence-electron chi connectivity index (χ4n) is 5.80. The molecule has 3 fully saturated rings. The van der Waals surface area contributed by atoms with Crippen LogP contribution in [0.3, 0.4) is 0 Å². The summed E-state index contributed by atoms with van der Waals surface area (Å²) in [7, 11) is 1.45. The first-order valence-electron chi connectivity index (χ1n) is 9.03. The quantitative estimate of drug-likeness (QED) is 0.579. The summed E-state index contributed by atoms with van der Waals surface area (Å²) in [4.78, 5) is 30.9. The second kappa shape index (κ2) is 4.94. The van der Waals surface area contributed by atoms with Crippen molar-refractivity contribution in [2.45, 2.75) is 37.4 Å². The molecule has 130 valence electrons. The van der Waals surface area contributed by atoms with E-state index in [4.69, 9.17) is 4.74 Å². The minimum absolute atomic E-state index is 0.115. The van der Waals surface area contributed by atoms with E-state index in [0.717, 1.165) is 37.2 Å². The zero-order valence-electron chi connectivity index (χ0n) is 14.6. The van der Waals surface area contributed by atoms with Crippen molar-refractivity contribution < 1.29 is 14.3 Å². The SMILES string of the molecule is CC=C1CN2CCC34C(=O)c5ccccc5N3[C@@H](C(=O)OC)C1CC24. The molecule has 0 saturated carbocycles. The number of nitrogens with zero attached hydrogens (tertiary/aromatic N) is 2. The van der Waals surface area contributed by atoms with Crippen LogP contribution >= 0.6 is 0 Å². The van der Waals surface area contributed by atoms with Gasteiger partial charge in [-0.15, -0.1) is 0 Å². The maximum absolute atomic E-state index is 13.5. The number of ketones is 1. The Bertz CT molecular complexity index is 817. The average molecular weight is 338 g/mol. The Morgan fingerprint density at radius 3 is 2.92 bits per heavy atom. The first-order valence-corrected chi connectivity index (χ1v) is 9.03. The molecule has 0 aliphatic carbocycles. The lowest BCUT2D eigenvalue weighted by Crippen LogP contribution is -2.71. The molecule has 0 N–H and O–H groups in total. The number of carbonyl (C=O) groups excluding carboxylic acids is 2. The van der Waals surface area contributed by atoms with Crippen molar-refractivity contribution in [3.05, 3.63) is 41.5 Å². The van der Waals surface area contributed by atoms with Crippen LogP contribution in [0, 0.1) is 5.92 Å². The van der Waals surface area contributed by atoms with E-state index in [1.165, 1.54) is 12.7 Å². The third-order valence-corrected chi connectivity index (χ3v) is 6.82. The molecule has 0 radical (unpaired) electrons. The number of rotatable bonds is 1. The van der Waals surface area contributed by atoms with Crippen LogP contribution in [0.4, 0.5) is 5.69 Å². The van der Waals surface area contributed by atoms with Crippen LogP contribution in [0.1, 0.15) is 30.1 Å². The Labute approximate surface area is 147 Å². The van der Waals surface area contributed by atoms with Crippen molar-refractivity contribution in [2.24, 2.45) is 5.92 Å². The summed E-state index contributed by atoms with van der Waals surface area (Å²) in [5, 5.41) is 0. The molecular formula is C20H22N2O3. The minimum Gasteiger partial charge on any atom is -0.467 e. The molecule has 1 aromatic carbocycles. The van der Waals surface area contributed by atoms with Crippen molar-refractivity contribution in [3.63, 3.8) is 0 Å². The van der Waals surface area contributed by atoms with Gasteiger partial charge in [0.2, 0.25) is 0 Å². The Kier molecular flexibility index (Phi) is 2.99. The van der Waals surface area contributed by atoms with Gasteiger partial charge in [0.1, 0.15) is 11.6 Å². The number of para-hydroxylation sites is 1. The molecule has 4 heterocycles. The number of fused-ring (bicyclic) bond motifs is 3. The number of hydrogen-bond donors (Lipinski definition) is 0. The van der Waals surface area contributed by atoms with E-state index in [0.29, 0.717) is 0 Å². The second-order valence-electron chi connectivity index (χ2n) is 7.55. The number of benzene rings is 1. The third-order valence-electron chi connectivity index (χ3n) is 6.82. The molecule has 3 unspecified atom stereocenters. The number of anilines is 1. The third kappa shape index (κ3) is 1.62. The number of ether oxygens (including phenoxy) is 1. The molecule has 3 saturated heterocycles. The van der Waals surface area contributed by atoms with E-state index >= 15 is 0 Å². The van der Waals surface area contributed by atoms with E-state index < -0.39 is 11.6 Å². The van der Waals surface area contributed by atoms with Crippen LogP contribution in [0.15, 0.2) is 35.9 Å². The van der Waals surface area contributed by atoms with E-state index in [-0.39, 0.29) is 23.7 Å². The van der Waals surface area contributed by atoms with Gasteiger partial charge in [-0.25, -0.2) is 4.79 Å². The normalized spacial score (nSPS) is 37.2. The van der Waals surface area contributed by atoms with Crippen molar-refractivity contribution in [2.75, 3.05) is 25.1 Å². The maximum Gasteiger partial charge on any atom is 0.329 e. The van der Waals surface area contributed by atoms with Gasteiger partial charge >= 0.3 is 5.97 Å². The highest BCUT2D eigenvalue weighted by molar-refractivity contribution is 6.16. The van der Waals surface area contributed by atoms with Crippen LogP contribution < -0.4 is 4.90 Å². The number of carbonyl (C=O) groups is 2. The molecule has 0 aromatic heterocycles. The molecule has 4 aliphatic heterocycles. The van der Waals surface area contributed by atoms with E-state index in [9.17, 15) is 9.59 Å². The monoisotopic (exact) mass is 338 g/mol. The van der Waals surface area contributed by atoms with Crippen LogP contribution in [0.2, 0.25) is 0 Å². The van der Waals surface area contributed by atoms with Gasteiger partial charge in [0.25, 0.3) is 0 Å². The van der Waals surface area contributed by atoms with Crippen LogP contribution in [-0.2, 0) is 9.53 Å². The van der Waals surface area contributed by atoms with Crippen LogP contribution in [0.25, 0.3) is 0 Å². The fraction of sp³-hybridized carbons (Fsp3) is 0.500. The molecule has 1 spiro atoms. The number of hydrogen-bond acceptors (Lipinski definition) is 5. The summed E-state index contributed by atoms with van der Waals surface area (Å²) in [5.74, 6) is 0.0720. The van der Waals surface area contributed by atoms with E-state index in [1.807, 2.05) is 31.2 Å². The van der Waals surface area contributed by atoms with Gasteiger partial charge in [0, 0.05) is 36.3 Å². The number of Topliss-reactive ketones (excluding diaryl/α,β-unsaturated/α-hetero) is 1. The highest BCUT2D eigenvalue weighted by atomic mass is 16.5. The molecule has 4 aliphatic rings. The molecule has 2 bridgehead atoms. The van der Waals surface area contributed by atoms with Crippen molar-refractivity contribution >= 4 is 17.4 Å². The summed E-state index contributed by atoms with van der Waals surface area (Å²) in [6.07, 6.45) is 3.78. The number of esters is 1. The molecule has 0 amide bonds. The summed E-state index contributed by atoms with van der Waals surface area (Å²) in [6, 6.07) is 7.52. The Balaban J connectivity index is 1.77. The lowest BCUT2D eigenvalue weighted by molar-refractivity contribution is -0.145. The van der Waals surface area contributed by atoms with Gasteiger partial charge in [-0.05, 0) is 31.9 Å². The predicted octanol–water partition coefficient (Wildman–Crippen LogP) is 2.02. The summed E-state index contributed by atoms with van der Waals surface area (Å²) in [6.45, 7) is 3.81. The standard InChI is InChI=1S/C20H22N2O3/c1-3-12-11-21-9-8-20-16(21)10-14(12)17(19(24)25-2)22(20)15-7-5-4-6-13(15)18(20)23/h3-7,14,16-17H,8-11H2,1-2H3/t14?,16?,17-,20?/m1/s1. The van der Waals surface area contributed by atoms with Crippen molar-refractivity contribution in [1.29, 1.82) is 0 Å². The topological polar surface area (TPSA) is 49.9 Å². The molecule has 5 heteroatoms. The fourth-order valence-corrected chi connectivity index (χ4v) is 5.80. The number of piperidine rings is 2.